The van der Waals surface area contributed by atoms with Crippen LogP contribution in [0.25, 0.3) is 65.9 Å². The second kappa shape index (κ2) is 11.1. The lowest BCUT2D eigenvalue weighted by Gasteiger charge is -2.47. The van der Waals surface area contributed by atoms with E-state index in [1.165, 1.54) is 110 Å². The molecule has 6 heteroatoms. The third-order valence-electron chi connectivity index (χ3n) is 14.0. The zero-order valence-electron chi connectivity index (χ0n) is 32.4. The molecule has 0 spiro atoms. The van der Waals surface area contributed by atoms with Crippen LogP contribution in [0.1, 0.15) is 0 Å². The molecule has 274 valence electrons. The van der Waals surface area contributed by atoms with Crippen molar-refractivity contribution < 1.29 is 0 Å². The largest absolute Gasteiger partial charge is 0.375 e. The highest BCUT2D eigenvalue weighted by molar-refractivity contribution is 6.93. The summed E-state index contributed by atoms with van der Waals surface area (Å²) in [5.74, 6) is 0. The molecule has 0 saturated carbocycles. The van der Waals surface area contributed by atoms with Crippen LogP contribution >= 0.6 is 0 Å². The van der Waals surface area contributed by atoms with Crippen molar-refractivity contribution in [2.45, 2.75) is 0 Å². The Bertz CT molecular complexity index is 3700. The van der Waals surface area contributed by atoms with Crippen molar-refractivity contribution in [3.05, 3.63) is 194 Å². The number of aromatic nitrogens is 2. The highest BCUT2D eigenvalue weighted by Gasteiger charge is 2.50. The molecule has 4 aliphatic heterocycles. The zero-order chi connectivity index (χ0) is 38.8. The van der Waals surface area contributed by atoms with Crippen molar-refractivity contribution in [3.8, 4) is 22.3 Å². The molecule has 4 aliphatic rings. The predicted molar refractivity (Wildman–Crippen MR) is 254 cm³/mol. The van der Waals surface area contributed by atoms with Crippen LogP contribution in [0.4, 0.5) is 34.1 Å². The van der Waals surface area contributed by atoms with E-state index in [4.69, 9.17) is 0 Å². The maximum absolute atomic E-state index is 2.69. The topological polar surface area (TPSA) is 16.3 Å². The SMILES string of the molecule is c1ccc(N2c3cccc4c3B(c3cc5c6c(c32)N(c2ccccc2)c2ccccc2B6n2c3ccccc3c3cccc-5c32)n2c3ccccc3c3cccc-4c32)cc1. The van der Waals surface area contributed by atoms with Gasteiger partial charge in [0, 0.05) is 77.5 Å². The summed E-state index contributed by atoms with van der Waals surface area (Å²) in [7, 11) is 0. The van der Waals surface area contributed by atoms with E-state index in [0.29, 0.717) is 0 Å². The van der Waals surface area contributed by atoms with Crippen LogP contribution in [-0.2, 0) is 0 Å². The highest BCUT2D eigenvalue weighted by atomic mass is 15.2. The number of hydrogen-bond acceptors (Lipinski definition) is 2. The van der Waals surface area contributed by atoms with Crippen LogP contribution in [0.15, 0.2) is 194 Å². The van der Waals surface area contributed by atoms with Gasteiger partial charge in [0.05, 0.1) is 11.4 Å². The van der Waals surface area contributed by atoms with Crippen molar-refractivity contribution in [1.29, 1.82) is 0 Å². The first kappa shape index (κ1) is 31.3. The van der Waals surface area contributed by atoms with Crippen molar-refractivity contribution in [2.24, 2.45) is 0 Å². The molecule has 60 heavy (non-hydrogen) atoms. The zero-order valence-corrected chi connectivity index (χ0v) is 32.4. The summed E-state index contributed by atoms with van der Waals surface area (Å²) in [6.07, 6.45) is 0. The Balaban J connectivity index is 1.20. The first-order valence-corrected chi connectivity index (χ1v) is 21.0. The van der Waals surface area contributed by atoms with E-state index >= 15 is 0 Å². The molecule has 0 fully saturated rings. The Labute approximate surface area is 347 Å². The van der Waals surface area contributed by atoms with Crippen molar-refractivity contribution in [3.63, 3.8) is 0 Å². The van der Waals surface area contributed by atoms with Crippen LogP contribution < -0.4 is 31.7 Å². The van der Waals surface area contributed by atoms with E-state index in [9.17, 15) is 0 Å². The molecule has 0 bridgehead atoms. The van der Waals surface area contributed by atoms with Crippen molar-refractivity contribution in [1.82, 2.24) is 8.96 Å². The number of fused-ring (bicyclic) bond motifs is 15. The summed E-state index contributed by atoms with van der Waals surface area (Å²) >= 11 is 0. The minimum absolute atomic E-state index is 0.0506. The molecule has 2 aromatic heterocycles. The summed E-state index contributed by atoms with van der Waals surface area (Å²) in [6, 6.07) is 72.9. The minimum Gasteiger partial charge on any atom is -0.375 e. The van der Waals surface area contributed by atoms with E-state index in [1.807, 2.05) is 0 Å². The van der Waals surface area contributed by atoms with E-state index in [2.05, 4.69) is 213 Å². The Morgan fingerprint density at radius 1 is 0.317 bits per heavy atom. The van der Waals surface area contributed by atoms with Gasteiger partial charge >= 0.3 is 13.7 Å². The van der Waals surface area contributed by atoms with Gasteiger partial charge in [0.25, 0.3) is 0 Å². The van der Waals surface area contributed by atoms with E-state index in [1.54, 1.807) is 0 Å². The average Bonchev–Trinajstić information content (AvgIpc) is 3.83. The van der Waals surface area contributed by atoms with Crippen LogP contribution in [0.3, 0.4) is 0 Å². The van der Waals surface area contributed by atoms with Gasteiger partial charge in [0.1, 0.15) is 0 Å². The molecule has 15 rings (SSSR count). The minimum atomic E-state index is -0.0785. The molecule has 9 aromatic carbocycles. The van der Waals surface area contributed by atoms with Crippen LogP contribution in [0, 0.1) is 0 Å². The normalized spacial score (nSPS) is 13.9. The van der Waals surface area contributed by atoms with Crippen molar-refractivity contribution >= 4 is 113 Å². The number of anilines is 6. The Hall–Kier alpha value is -7.69. The molecule has 0 saturated heterocycles. The van der Waals surface area contributed by atoms with Crippen LogP contribution in [0.5, 0.6) is 0 Å². The molecule has 0 N–H and O–H groups in total. The van der Waals surface area contributed by atoms with E-state index in [-0.39, 0.29) is 13.7 Å². The second-order valence-corrected chi connectivity index (χ2v) is 16.7. The maximum atomic E-state index is 2.69. The van der Waals surface area contributed by atoms with Crippen LogP contribution in [-0.4, -0.2) is 22.7 Å². The van der Waals surface area contributed by atoms with E-state index < -0.39 is 0 Å². The van der Waals surface area contributed by atoms with Gasteiger partial charge in [-0.2, -0.15) is 0 Å². The number of nitrogens with zero attached hydrogens (tertiary/aromatic N) is 4. The van der Waals surface area contributed by atoms with Gasteiger partial charge in [0.15, 0.2) is 0 Å². The molecule has 0 unspecified atom stereocenters. The lowest BCUT2D eigenvalue weighted by Crippen LogP contribution is -2.61. The van der Waals surface area contributed by atoms with Gasteiger partial charge in [0.2, 0.25) is 0 Å². The molecule has 0 atom stereocenters. The van der Waals surface area contributed by atoms with Gasteiger partial charge in [-0.05, 0) is 81.5 Å². The van der Waals surface area contributed by atoms with Crippen LogP contribution in [0.2, 0.25) is 0 Å². The number of hydrogen-bond donors (Lipinski definition) is 0. The maximum Gasteiger partial charge on any atom is 0.333 e. The Kier molecular flexibility index (Phi) is 5.78. The standard InChI is InChI=1S/C54H32B2N4/c1-3-16-33(17-4-1)57-47-30-12-9-27-43(47)55-50-42(41-26-14-24-39-36-21-7-10-28-45(36)59(55)52(39)41)32-44-53(54(50)57)58(34-18-5-2-6-19-34)48-31-15-22-37-40-25-13-23-38-35-20-8-11-29-46(35)60(51(38)40)56(44)49(37)48/h1-32H. The van der Waals surface area contributed by atoms with Gasteiger partial charge in [-0.25, -0.2) is 0 Å². The fraction of sp³-hybridized carbons (Fsp3) is 0. The molecule has 11 aromatic rings. The third-order valence-corrected chi connectivity index (χ3v) is 14.0. The first-order valence-electron chi connectivity index (χ1n) is 21.0. The first-order chi connectivity index (χ1) is 29.8. The number of rotatable bonds is 2. The number of benzene rings is 9. The second-order valence-electron chi connectivity index (χ2n) is 16.7. The summed E-state index contributed by atoms with van der Waals surface area (Å²) in [4.78, 5) is 5.19. The van der Waals surface area contributed by atoms with Gasteiger partial charge in [-0.3, -0.25) is 0 Å². The lowest BCUT2D eigenvalue weighted by atomic mass is 9.41. The van der Waals surface area contributed by atoms with Gasteiger partial charge < -0.3 is 18.8 Å². The van der Waals surface area contributed by atoms with Gasteiger partial charge in [-0.1, -0.05) is 146 Å². The molecule has 0 radical (unpaired) electrons. The predicted octanol–water partition coefficient (Wildman–Crippen LogP) is 10.7. The van der Waals surface area contributed by atoms with E-state index in [0.717, 1.165) is 11.4 Å². The summed E-state index contributed by atoms with van der Waals surface area (Å²) in [5, 5.41) is 5.20. The molecule has 0 amide bonds. The Morgan fingerprint density at radius 2 is 0.800 bits per heavy atom. The lowest BCUT2D eigenvalue weighted by molar-refractivity contribution is 1.21. The number of para-hydroxylation sites is 7. The molecular formula is C54H32B2N4. The fourth-order valence-electron chi connectivity index (χ4n) is 11.9. The molecule has 0 aliphatic carbocycles. The highest BCUT2D eigenvalue weighted by Crippen LogP contribution is 2.53. The van der Waals surface area contributed by atoms with Crippen molar-refractivity contribution in [2.75, 3.05) is 9.80 Å². The Morgan fingerprint density at radius 3 is 1.47 bits per heavy atom. The summed E-state index contributed by atoms with van der Waals surface area (Å²) in [6.45, 7) is -0.129. The summed E-state index contributed by atoms with van der Waals surface area (Å²) in [5.41, 5.74) is 22.9. The summed E-state index contributed by atoms with van der Waals surface area (Å²) < 4.78 is 5.36. The molecule has 6 heterocycles. The third kappa shape index (κ3) is 3.64. The molecular weight excluding hydrogens is 726 g/mol. The van der Waals surface area contributed by atoms with Gasteiger partial charge in [-0.15, -0.1) is 0 Å². The molecule has 4 nitrogen and oxygen atoms in total. The monoisotopic (exact) mass is 758 g/mol. The quantitative estimate of drug-likeness (QED) is 0.163. The smallest absolute Gasteiger partial charge is 0.333 e. The average molecular weight is 759 g/mol. The fourth-order valence-corrected chi connectivity index (χ4v) is 11.9.